The Kier molecular flexibility index (Phi) is 3.23. The summed E-state index contributed by atoms with van der Waals surface area (Å²) >= 11 is 0. The molecule has 0 atom stereocenters. The second-order valence-corrected chi connectivity index (χ2v) is 2.89. The van der Waals surface area contributed by atoms with Crippen molar-refractivity contribution in [3.05, 3.63) is 46.4 Å². The Hall–Kier alpha value is -1.84. The van der Waals surface area contributed by atoms with Gasteiger partial charge in [0.05, 0.1) is 0 Å². The Morgan fingerprint density at radius 2 is 2.43 bits per heavy atom. The molecule has 74 valence electrons. The lowest BCUT2D eigenvalue weighted by Crippen LogP contribution is -2.28. The number of hydrogen-bond donors (Lipinski definition) is 2. The van der Waals surface area contributed by atoms with Gasteiger partial charge < -0.3 is 10.3 Å². The van der Waals surface area contributed by atoms with Crippen molar-refractivity contribution in [3.8, 4) is 0 Å². The second kappa shape index (κ2) is 4.41. The van der Waals surface area contributed by atoms with Gasteiger partial charge in [-0.05, 0) is 6.92 Å². The van der Waals surface area contributed by atoms with E-state index in [9.17, 15) is 9.59 Å². The number of aromatic nitrogens is 1. The monoisotopic (exact) mass is 192 g/mol. The van der Waals surface area contributed by atoms with Crippen LogP contribution in [-0.4, -0.2) is 17.4 Å². The second-order valence-electron chi connectivity index (χ2n) is 2.89. The molecule has 0 aliphatic carbocycles. The van der Waals surface area contributed by atoms with Crippen LogP contribution in [0.3, 0.4) is 0 Å². The van der Waals surface area contributed by atoms with Gasteiger partial charge in [-0.2, -0.15) is 0 Å². The van der Waals surface area contributed by atoms with E-state index in [2.05, 4.69) is 16.9 Å². The van der Waals surface area contributed by atoms with Crippen molar-refractivity contribution < 1.29 is 4.79 Å². The summed E-state index contributed by atoms with van der Waals surface area (Å²) in [6.45, 7) is 5.57. The maximum absolute atomic E-state index is 11.4. The molecule has 0 unspecified atom stereocenters. The van der Waals surface area contributed by atoms with Crippen LogP contribution in [0, 0.1) is 6.92 Å². The molecule has 4 nitrogen and oxygen atoms in total. The zero-order valence-corrected chi connectivity index (χ0v) is 7.96. The number of nitrogens with one attached hydrogen (secondary N) is 2. The molecule has 1 heterocycles. The summed E-state index contributed by atoms with van der Waals surface area (Å²) in [4.78, 5) is 25.5. The van der Waals surface area contributed by atoms with E-state index in [-0.39, 0.29) is 16.9 Å². The number of rotatable bonds is 3. The van der Waals surface area contributed by atoms with Crippen LogP contribution in [0.15, 0.2) is 29.7 Å². The molecule has 1 aromatic heterocycles. The number of aryl methyl sites for hydroxylation is 1. The molecule has 1 aromatic rings. The van der Waals surface area contributed by atoms with Crippen molar-refractivity contribution >= 4 is 5.91 Å². The van der Waals surface area contributed by atoms with Gasteiger partial charge in [-0.15, -0.1) is 6.58 Å². The van der Waals surface area contributed by atoms with Gasteiger partial charge in [-0.25, -0.2) is 0 Å². The van der Waals surface area contributed by atoms with E-state index in [4.69, 9.17) is 0 Å². The summed E-state index contributed by atoms with van der Waals surface area (Å²) in [5.74, 6) is -0.383. The van der Waals surface area contributed by atoms with Gasteiger partial charge in [0.1, 0.15) is 5.56 Å². The van der Waals surface area contributed by atoms with Gasteiger partial charge in [0.15, 0.2) is 5.43 Å². The minimum Gasteiger partial charge on any atom is -0.364 e. The number of carbonyl (C=O) groups excluding carboxylic acids is 1. The predicted molar refractivity (Wildman–Crippen MR) is 54.3 cm³/mol. The van der Waals surface area contributed by atoms with E-state index < -0.39 is 0 Å². The highest BCUT2D eigenvalue weighted by Gasteiger charge is 2.08. The first-order valence-electron chi connectivity index (χ1n) is 4.23. The Morgan fingerprint density at radius 1 is 1.71 bits per heavy atom. The Balaban J connectivity index is 2.90. The zero-order chi connectivity index (χ0) is 10.6. The third kappa shape index (κ3) is 2.32. The third-order valence-electron chi connectivity index (χ3n) is 1.71. The number of pyridine rings is 1. The molecule has 0 saturated carbocycles. The molecular weight excluding hydrogens is 180 g/mol. The highest BCUT2D eigenvalue weighted by atomic mass is 16.2. The van der Waals surface area contributed by atoms with Crippen molar-refractivity contribution in [2.75, 3.05) is 6.54 Å². The molecule has 1 amide bonds. The van der Waals surface area contributed by atoms with Crippen molar-refractivity contribution in [2.24, 2.45) is 0 Å². The smallest absolute Gasteiger partial charge is 0.256 e. The minimum atomic E-state index is -0.383. The van der Waals surface area contributed by atoms with Crippen LogP contribution in [0.1, 0.15) is 16.1 Å². The van der Waals surface area contributed by atoms with Crippen molar-refractivity contribution in [3.63, 3.8) is 0 Å². The molecule has 14 heavy (non-hydrogen) atoms. The molecule has 0 aliphatic heterocycles. The molecule has 0 radical (unpaired) electrons. The lowest BCUT2D eigenvalue weighted by molar-refractivity contribution is 0.0956. The van der Waals surface area contributed by atoms with Crippen LogP contribution in [0.25, 0.3) is 0 Å². The molecule has 0 bridgehead atoms. The lowest BCUT2D eigenvalue weighted by Gasteiger charge is -2.01. The molecule has 0 aliphatic rings. The number of H-pyrrole nitrogens is 1. The summed E-state index contributed by atoms with van der Waals surface area (Å²) < 4.78 is 0. The number of amides is 1. The highest BCUT2D eigenvalue weighted by Crippen LogP contribution is 1.91. The van der Waals surface area contributed by atoms with E-state index in [0.717, 1.165) is 5.69 Å². The quantitative estimate of drug-likeness (QED) is 0.689. The topological polar surface area (TPSA) is 62.0 Å². The van der Waals surface area contributed by atoms with Gasteiger partial charge in [0, 0.05) is 24.5 Å². The predicted octanol–water partition coefficient (Wildman–Crippen LogP) is 0.599. The molecule has 0 fully saturated rings. The molecule has 0 saturated heterocycles. The lowest BCUT2D eigenvalue weighted by atomic mass is 10.2. The SMILES string of the molecule is C=CCNC(=O)c1c[nH]c(C)cc1=O. The fourth-order valence-corrected chi connectivity index (χ4v) is 1.01. The molecule has 2 N–H and O–H groups in total. The highest BCUT2D eigenvalue weighted by molar-refractivity contribution is 5.93. The fraction of sp³-hybridized carbons (Fsp3) is 0.200. The first kappa shape index (κ1) is 10.2. The van der Waals surface area contributed by atoms with Gasteiger partial charge >= 0.3 is 0 Å². The third-order valence-corrected chi connectivity index (χ3v) is 1.71. The van der Waals surface area contributed by atoms with Crippen LogP contribution < -0.4 is 10.7 Å². The van der Waals surface area contributed by atoms with Crippen LogP contribution in [-0.2, 0) is 0 Å². The van der Waals surface area contributed by atoms with Gasteiger partial charge in [-0.1, -0.05) is 6.08 Å². The molecule has 0 aromatic carbocycles. The van der Waals surface area contributed by atoms with Crippen molar-refractivity contribution in [1.29, 1.82) is 0 Å². The summed E-state index contributed by atoms with van der Waals surface area (Å²) in [6.07, 6.45) is 2.97. The standard InChI is InChI=1S/C10H12N2O2/c1-3-4-11-10(14)8-6-12-7(2)5-9(8)13/h3,5-6H,1,4H2,2H3,(H,11,14)(H,12,13). The number of hydrogen-bond acceptors (Lipinski definition) is 2. The molecule has 1 rings (SSSR count). The van der Waals surface area contributed by atoms with Crippen LogP contribution in [0.5, 0.6) is 0 Å². The summed E-state index contributed by atoms with van der Waals surface area (Å²) in [5, 5.41) is 2.53. The van der Waals surface area contributed by atoms with Crippen molar-refractivity contribution in [1.82, 2.24) is 10.3 Å². The first-order valence-corrected chi connectivity index (χ1v) is 4.23. The van der Waals surface area contributed by atoms with Gasteiger partial charge in [0.25, 0.3) is 5.91 Å². The molecule has 0 spiro atoms. The van der Waals surface area contributed by atoms with E-state index in [1.165, 1.54) is 12.3 Å². The Labute approximate surface area is 81.7 Å². The van der Waals surface area contributed by atoms with Gasteiger partial charge in [0.2, 0.25) is 0 Å². The van der Waals surface area contributed by atoms with E-state index in [1.54, 1.807) is 13.0 Å². The first-order chi connectivity index (χ1) is 6.65. The van der Waals surface area contributed by atoms with Crippen LogP contribution >= 0.6 is 0 Å². The Bertz CT molecular complexity index is 407. The van der Waals surface area contributed by atoms with E-state index >= 15 is 0 Å². The minimum absolute atomic E-state index is 0.123. The van der Waals surface area contributed by atoms with E-state index in [0.29, 0.717) is 6.54 Å². The number of aromatic amines is 1. The van der Waals surface area contributed by atoms with Crippen LogP contribution in [0.4, 0.5) is 0 Å². The van der Waals surface area contributed by atoms with Crippen LogP contribution in [0.2, 0.25) is 0 Å². The average Bonchev–Trinajstić information content (AvgIpc) is 2.14. The summed E-state index contributed by atoms with van der Waals surface area (Å²) in [5.41, 5.74) is 0.579. The molecular formula is C10H12N2O2. The summed E-state index contributed by atoms with van der Waals surface area (Å²) in [6, 6.07) is 1.39. The van der Waals surface area contributed by atoms with E-state index in [1.807, 2.05) is 0 Å². The summed E-state index contributed by atoms with van der Waals surface area (Å²) in [7, 11) is 0. The van der Waals surface area contributed by atoms with Gasteiger partial charge in [-0.3, -0.25) is 9.59 Å². The average molecular weight is 192 g/mol. The zero-order valence-electron chi connectivity index (χ0n) is 7.96. The maximum atomic E-state index is 11.4. The normalized spacial score (nSPS) is 9.50. The van der Waals surface area contributed by atoms with Crippen molar-refractivity contribution in [2.45, 2.75) is 6.92 Å². The fourth-order valence-electron chi connectivity index (χ4n) is 1.01. The number of carbonyl (C=O) groups is 1. The maximum Gasteiger partial charge on any atom is 0.256 e. The molecule has 4 heteroatoms. The largest absolute Gasteiger partial charge is 0.364 e. The Morgan fingerprint density at radius 3 is 3.00 bits per heavy atom.